The lowest BCUT2D eigenvalue weighted by molar-refractivity contribution is 0.0997. The van der Waals surface area contributed by atoms with E-state index in [1.807, 2.05) is 19.9 Å². The molecule has 4 N–H and O–H groups in total. The van der Waals surface area contributed by atoms with Gasteiger partial charge in [-0.25, -0.2) is 27.8 Å². The van der Waals surface area contributed by atoms with Crippen LogP contribution in [0.4, 0.5) is 5.82 Å². The highest BCUT2D eigenvalue weighted by Crippen LogP contribution is 2.22. The van der Waals surface area contributed by atoms with Crippen LogP contribution in [-0.2, 0) is 10.0 Å². The van der Waals surface area contributed by atoms with Gasteiger partial charge < -0.3 is 15.8 Å². The minimum absolute atomic E-state index is 0.0124. The van der Waals surface area contributed by atoms with Crippen molar-refractivity contribution in [1.82, 2.24) is 24.5 Å². The maximum Gasteiger partial charge on any atom is 0.252 e. The molecule has 1 aromatic carbocycles. The molecule has 170 valence electrons. The Bertz CT molecular complexity index is 1250. The number of hydrogen-bond acceptors (Lipinski definition) is 8. The largest absolute Gasteiger partial charge is 0.496 e. The van der Waals surface area contributed by atoms with Crippen LogP contribution in [0.3, 0.4) is 0 Å². The summed E-state index contributed by atoms with van der Waals surface area (Å²) in [5.41, 5.74) is 7.11. The van der Waals surface area contributed by atoms with Gasteiger partial charge in [0, 0.05) is 24.8 Å². The summed E-state index contributed by atoms with van der Waals surface area (Å²) in [7, 11) is -2.49. The SMILES string of the molecule is COc1ccc(S(=O)(=O)NCCNc2cc(-n3nc(C)cc3C)nc(C)n2)cc1C(N)=O. The third-order valence-corrected chi connectivity index (χ3v) is 5.98. The Balaban J connectivity index is 1.67. The van der Waals surface area contributed by atoms with Gasteiger partial charge >= 0.3 is 0 Å². The normalized spacial score (nSPS) is 11.4. The predicted octanol–water partition coefficient (Wildman–Crippen LogP) is 1.09. The average Bonchev–Trinajstić information content (AvgIpc) is 3.08. The van der Waals surface area contributed by atoms with E-state index < -0.39 is 15.9 Å². The number of nitrogens with two attached hydrogens (primary N) is 1. The minimum atomic E-state index is -3.86. The van der Waals surface area contributed by atoms with Crippen LogP contribution in [0, 0.1) is 20.8 Å². The Morgan fingerprint density at radius 3 is 2.50 bits per heavy atom. The number of methoxy groups -OCH3 is 1. The molecule has 0 spiro atoms. The highest BCUT2D eigenvalue weighted by molar-refractivity contribution is 7.89. The van der Waals surface area contributed by atoms with Gasteiger partial charge in [0.25, 0.3) is 5.91 Å². The van der Waals surface area contributed by atoms with Gasteiger partial charge in [-0.15, -0.1) is 0 Å². The lowest BCUT2D eigenvalue weighted by Crippen LogP contribution is -2.29. The maximum absolute atomic E-state index is 12.6. The molecule has 0 aliphatic heterocycles. The molecule has 11 nitrogen and oxygen atoms in total. The second kappa shape index (κ2) is 9.32. The second-order valence-electron chi connectivity index (χ2n) is 7.05. The Hall–Kier alpha value is -3.51. The fourth-order valence-electron chi connectivity index (χ4n) is 3.12. The molecule has 32 heavy (non-hydrogen) atoms. The fraction of sp³-hybridized carbons (Fsp3) is 0.300. The molecule has 3 aromatic rings. The molecule has 0 fully saturated rings. The standard InChI is InChI=1S/C20H25N7O4S/c1-12-9-13(2)27(26-12)19-11-18(24-14(3)25-19)22-7-8-23-32(29,30)15-5-6-17(31-4)16(10-15)20(21)28/h5-6,9-11,23H,7-8H2,1-4H3,(H2,21,28)(H,22,24,25). The van der Waals surface area contributed by atoms with Crippen molar-refractivity contribution in [1.29, 1.82) is 0 Å². The van der Waals surface area contributed by atoms with Crippen molar-refractivity contribution in [2.24, 2.45) is 5.73 Å². The highest BCUT2D eigenvalue weighted by Gasteiger charge is 2.18. The summed E-state index contributed by atoms with van der Waals surface area (Å²) in [6.45, 7) is 5.95. The molecule has 0 unspecified atom stereocenters. The Labute approximate surface area is 186 Å². The molecule has 0 aliphatic carbocycles. The lowest BCUT2D eigenvalue weighted by Gasteiger charge is -2.12. The van der Waals surface area contributed by atoms with E-state index in [4.69, 9.17) is 10.5 Å². The molecule has 0 bridgehead atoms. The number of aromatic nitrogens is 4. The van der Waals surface area contributed by atoms with E-state index in [0.29, 0.717) is 17.5 Å². The van der Waals surface area contributed by atoms with Gasteiger partial charge in [-0.3, -0.25) is 4.79 Å². The van der Waals surface area contributed by atoms with Crippen LogP contribution in [0.15, 0.2) is 35.2 Å². The molecule has 2 heterocycles. The zero-order valence-corrected chi connectivity index (χ0v) is 19.0. The van der Waals surface area contributed by atoms with Crippen LogP contribution in [-0.4, -0.2) is 54.3 Å². The number of aryl methyl sites for hydroxylation is 3. The highest BCUT2D eigenvalue weighted by atomic mass is 32.2. The summed E-state index contributed by atoms with van der Waals surface area (Å²) in [4.78, 5) is 20.2. The third-order valence-electron chi connectivity index (χ3n) is 4.52. The van der Waals surface area contributed by atoms with Crippen molar-refractivity contribution in [3.63, 3.8) is 0 Å². The molecular formula is C20H25N7O4S. The number of benzene rings is 1. The maximum atomic E-state index is 12.6. The van der Waals surface area contributed by atoms with Gasteiger partial charge in [0.2, 0.25) is 10.0 Å². The molecule has 0 saturated heterocycles. The summed E-state index contributed by atoms with van der Waals surface area (Å²) < 4.78 is 34.4. The zero-order valence-electron chi connectivity index (χ0n) is 18.2. The number of ether oxygens (including phenoxy) is 1. The summed E-state index contributed by atoms with van der Waals surface area (Å²) in [6.07, 6.45) is 0. The van der Waals surface area contributed by atoms with Gasteiger partial charge in [-0.2, -0.15) is 5.10 Å². The first-order valence-corrected chi connectivity index (χ1v) is 11.2. The van der Waals surface area contributed by atoms with Crippen LogP contribution in [0.1, 0.15) is 27.6 Å². The van der Waals surface area contributed by atoms with E-state index in [2.05, 4.69) is 25.1 Å². The molecule has 12 heteroatoms. The van der Waals surface area contributed by atoms with Gasteiger partial charge in [0.1, 0.15) is 17.4 Å². The zero-order chi connectivity index (χ0) is 23.5. The lowest BCUT2D eigenvalue weighted by atomic mass is 10.2. The van der Waals surface area contributed by atoms with Crippen LogP contribution in [0.25, 0.3) is 5.82 Å². The molecular weight excluding hydrogens is 434 g/mol. The number of nitrogens with zero attached hydrogens (tertiary/aromatic N) is 4. The molecule has 0 aliphatic rings. The third kappa shape index (κ3) is 5.21. The fourth-order valence-corrected chi connectivity index (χ4v) is 4.18. The molecule has 0 atom stereocenters. The van der Waals surface area contributed by atoms with Gasteiger partial charge in [-0.05, 0) is 45.0 Å². The van der Waals surface area contributed by atoms with Crippen molar-refractivity contribution in [2.45, 2.75) is 25.7 Å². The number of rotatable bonds is 9. The number of anilines is 1. The number of nitrogens with one attached hydrogen (secondary N) is 2. The van der Waals surface area contributed by atoms with Crippen molar-refractivity contribution >= 4 is 21.7 Å². The smallest absolute Gasteiger partial charge is 0.252 e. The summed E-state index contributed by atoms with van der Waals surface area (Å²) >= 11 is 0. The van der Waals surface area contributed by atoms with E-state index in [-0.39, 0.29) is 29.3 Å². The Kier molecular flexibility index (Phi) is 6.75. The van der Waals surface area contributed by atoms with Crippen LogP contribution < -0.4 is 20.5 Å². The van der Waals surface area contributed by atoms with E-state index in [1.54, 1.807) is 17.7 Å². The topological polar surface area (TPSA) is 154 Å². The van der Waals surface area contributed by atoms with Crippen LogP contribution in [0.5, 0.6) is 5.75 Å². The predicted molar refractivity (Wildman–Crippen MR) is 119 cm³/mol. The molecule has 0 radical (unpaired) electrons. The van der Waals surface area contributed by atoms with E-state index in [1.165, 1.54) is 25.3 Å². The van der Waals surface area contributed by atoms with Crippen LogP contribution in [0.2, 0.25) is 0 Å². The van der Waals surface area contributed by atoms with Crippen LogP contribution >= 0.6 is 0 Å². The van der Waals surface area contributed by atoms with E-state index in [0.717, 1.165) is 11.4 Å². The Morgan fingerprint density at radius 2 is 1.88 bits per heavy atom. The average molecular weight is 460 g/mol. The first-order chi connectivity index (χ1) is 15.1. The quantitative estimate of drug-likeness (QED) is 0.402. The number of sulfonamides is 1. The van der Waals surface area contributed by atoms with Crippen molar-refractivity contribution in [3.05, 3.63) is 53.1 Å². The second-order valence-corrected chi connectivity index (χ2v) is 8.82. The van der Waals surface area contributed by atoms with E-state index >= 15 is 0 Å². The van der Waals surface area contributed by atoms with Crippen molar-refractivity contribution < 1.29 is 17.9 Å². The van der Waals surface area contributed by atoms with Crippen molar-refractivity contribution in [3.8, 4) is 11.6 Å². The minimum Gasteiger partial charge on any atom is -0.496 e. The first kappa shape index (κ1) is 23.2. The monoisotopic (exact) mass is 459 g/mol. The van der Waals surface area contributed by atoms with Gasteiger partial charge in [-0.1, -0.05) is 0 Å². The summed E-state index contributed by atoms with van der Waals surface area (Å²) in [5.74, 6) is 1.13. The molecule has 1 amide bonds. The number of carbonyl (C=O) groups is 1. The summed E-state index contributed by atoms with van der Waals surface area (Å²) in [6, 6.07) is 7.60. The first-order valence-electron chi connectivity index (χ1n) is 9.71. The summed E-state index contributed by atoms with van der Waals surface area (Å²) in [5, 5.41) is 7.50. The van der Waals surface area contributed by atoms with Gasteiger partial charge in [0.15, 0.2) is 5.82 Å². The number of carbonyl (C=O) groups excluding carboxylic acids is 1. The van der Waals surface area contributed by atoms with Gasteiger partial charge in [0.05, 0.1) is 23.3 Å². The number of hydrogen-bond donors (Lipinski definition) is 3. The molecule has 0 saturated carbocycles. The van der Waals surface area contributed by atoms with E-state index in [9.17, 15) is 13.2 Å². The molecule has 3 rings (SSSR count). The molecule has 2 aromatic heterocycles. The van der Waals surface area contributed by atoms with Crippen molar-refractivity contribution in [2.75, 3.05) is 25.5 Å². The number of primary amides is 1. The number of amides is 1. The Morgan fingerprint density at radius 1 is 1.12 bits per heavy atom.